The smallest absolute Gasteiger partial charge is 0.300 e. The number of nitrogens with one attached hydrogen (secondary N) is 1. The van der Waals surface area contributed by atoms with Gasteiger partial charge < -0.3 is 33.8 Å². The number of pyridine rings is 2. The van der Waals surface area contributed by atoms with Crippen molar-refractivity contribution in [3.05, 3.63) is 42.0 Å². The van der Waals surface area contributed by atoms with Crippen LogP contribution in [0, 0.1) is 6.92 Å². The average molecular weight is 504 g/mol. The fourth-order valence-electron chi connectivity index (χ4n) is 5.24. The summed E-state index contributed by atoms with van der Waals surface area (Å²) in [4.78, 5) is 35.2. The minimum atomic E-state index is -0.462. The predicted molar refractivity (Wildman–Crippen MR) is 133 cm³/mol. The maximum Gasteiger partial charge on any atom is 0.300 e. The molecule has 2 N–H and O–H groups in total. The minimum absolute atomic E-state index is 0.128. The van der Waals surface area contributed by atoms with Crippen molar-refractivity contribution in [2.45, 2.75) is 38.0 Å². The van der Waals surface area contributed by atoms with Crippen LogP contribution in [-0.4, -0.2) is 75.4 Å². The Kier molecular flexibility index (Phi) is 5.11. The highest BCUT2D eigenvalue weighted by molar-refractivity contribution is 6.05. The van der Waals surface area contributed by atoms with Crippen molar-refractivity contribution in [1.82, 2.24) is 19.9 Å². The fourth-order valence-corrected chi connectivity index (χ4v) is 5.24. The molecule has 1 amide bonds. The van der Waals surface area contributed by atoms with E-state index in [0.29, 0.717) is 60.8 Å². The van der Waals surface area contributed by atoms with Crippen LogP contribution in [0.5, 0.6) is 0 Å². The van der Waals surface area contributed by atoms with E-state index < -0.39 is 12.0 Å². The van der Waals surface area contributed by atoms with Crippen LogP contribution < -0.4 is 15.1 Å². The molecular formula is C25H25N7O5. The van der Waals surface area contributed by atoms with E-state index in [9.17, 15) is 9.90 Å². The van der Waals surface area contributed by atoms with E-state index in [4.69, 9.17) is 18.6 Å². The van der Waals surface area contributed by atoms with E-state index in [1.165, 1.54) is 6.26 Å². The molecule has 4 aromatic rings. The van der Waals surface area contributed by atoms with E-state index >= 15 is 0 Å². The van der Waals surface area contributed by atoms with Gasteiger partial charge in [-0.3, -0.25) is 9.78 Å². The summed E-state index contributed by atoms with van der Waals surface area (Å²) in [6.45, 7) is 4.29. The van der Waals surface area contributed by atoms with Crippen molar-refractivity contribution in [3.8, 4) is 11.5 Å². The molecule has 3 atom stereocenters. The Morgan fingerprint density at radius 2 is 2.14 bits per heavy atom. The molecule has 3 saturated heterocycles. The normalized spacial score (nSPS) is 22.9. The third kappa shape index (κ3) is 3.98. The summed E-state index contributed by atoms with van der Waals surface area (Å²) in [7, 11) is 0. The van der Waals surface area contributed by atoms with E-state index in [1.807, 2.05) is 17.9 Å². The van der Waals surface area contributed by atoms with Crippen molar-refractivity contribution in [2.24, 2.45) is 0 Å². The lowest BCUT2D eigenvalue weighted by Crippen LogP contribution is -2.37. The van der Waals surface area contributed by atoms with Crippen molar-refractivity contribution in [3.63, 3.8) is 0 Å². The van der Waals surface area contributed by atoms with Gasteiger partial charge in [0, 0.05) is 43.2 Å². The number of carbonyl (C=O) groups is 1. The van der Waals surface area contributed by atoms with E-state index in [2.05, 4.69) is 25.2 Å². The van der Waals surface area contributed by atoms with Gasteiger partial charge in [-0.25, -0.2) is 9.97 Å². The van der Waals surface area contributed by atoms with E-state index in [0.717, 1.165) is 24.2 Å². The maximum atomic E-state index is 13.2. The number of fused-ring (bicyclic) bond motifs is 3. The lowest BCUT2D eigenvalue weighted by molar-refractivity contribution is 0.0975. The predicted octanol–water partition coefficient (Wildman–Crippen LogP) is 2.38. The molecule has 0 spiro atoms. The van der Waals surface area contributed by atoms with Gasteiger partial charge >= 0.3 is 0 Å². The molecule has 0 radical (unpaired) electrons. The number of nitrogens with zero attached hydrogens (tertiary/aromatic N) is 6. The van der Waals surface area contributed by atoms with Crippen molar-refractivity contribution >= 4 is 34.7 Å². The molecule has 4 aromatic heterocycles. The standard InChI is InChI=1S/C25H25N7O5/c1-13-6-14(2-4-26-13)24-28-19(12-36-24)23(34)27-18-8-20-21(29-22(18)31-5-3-16(33)9-31)30-25(37-20)32-10-17-7-15(32)11-35-17/h2,4,6,8,12,15-17,33H,3,5,7,9-11H2,1H3,(H,27,34). The largest absolute Gasteiger partial charge is 0.444 e. The first-order chi connectivity index (χ1) is 18.0. The number of hydrogen-bond donors (Lipinski definition) is 2. The number of oxazole rings is 2. The lowest BCUT2D eigenvalue weighted by Gasteiger charge is -2.24. The molecular weight excluding hydrogens is 478 g/mol. The van der Waals surface area contributed by atoms with Crippen LogP contribution in [0.15, 0.2) is 39.5 Å². The first-order valence-corrected chi connectivity index (χ1v) is 12.3. The van der Waals surface area contributed by atoms with Crippen molar-refractivity contribution in [2.75, 3.05) is 41.4 Å². The highest BCUT2D eigenvalue weighted by Gasteiger charge is 2.41. The van der Waals surface area contributed by atoms with Gasteiger partial charge in [0.25, 0.3) is 11.9 Å². The molecule has 2 bridgehead atoms. The van der Waals surface area contributed by atoms with Gasteiger partial charge in [0.2, 0.25) is 11.5 Å². The van der Waals surface area contributed by atoms with Gasteiger partial charge in [-0.1, -0.05) is 0 Å². The number of aromatic nitrogens is 4. The molecule has 3 fully saturated rings. The van der Waals surface area contributed by atoms with Crippen LogP contribution in [-0.2, 0) is 4.74 Å². The van der Waals surface area contributed by atoms with Crippen LogP contribution in [0.4, 0.5) is 17.5 Å². The topological polar surface area (TPSA) is 143 Å². The highest BCUT2D eigenvalue weighted by atomic mass is 16.5. The first-order valence-electron chi connectivity index (χ1n) is 12.3. The second kappa shape index (κ2) is 8.53. The Morgan fingerprint density at radius 3 is 2.89 bits per heavy atom. The number of β-amino-alcohol motifs (C(OH)–C–C–N with tert-alkyl or cyclic N) is 1. The molecule has 3 aliphatic rings. The highest BCUT2D eigenvalue weighted by Crippen LogP contribution is 2.36. The SMILES string of the molecule is Cc1cc(-c2nc(C(=O)Nc3cc4oc(N5CC6CC5CO6)nc4nc3N3CCC(O)C3)co2)ccn1. The quantitative estimate of drug-likeness (QED) is 0.414. The zero-order valence-corrected chi connectivity index (χ0v) is 20.1. The number of ether oxygens (including phenoxy) is 1. The third-order valence-corrected chi connectivity index (χ3v) is 7.09. The number of aliphatic hydroxyl groups is 1. The Labute approximate surface area is 211 Å². The molecule has 0 saturated carbocycles. The van der Waals surface area contributed by atoms with Crippen LogP contribution >= 0.6 is 0 Å². The van der Waals surface area contributed by atoms with Gasteiger partial charge in [0.05, 0.1) is 30.5 Å². The average Bonchev–Trinajstić information content (AvgIpc) is 3.71. The summed E-state index contributed by atoms with van der Waals surface area (Å²) >= 11 is 0. The zero-order valence-electron chi connectivity index (χ0n) is 20.1. The second-order valence-corrected chi connectivity index (χ2v) is 9.74. The molecule has 0 aliphatic carbocycles. The molecule has 190 valence electrons. The van der Waals surface area contributed by atoms with Crippen LogP contribution in [0.3, 0.4) is 0 Å². The first kappa shape index (κ1) is 22.2. The number of morpholine rings is 1. The number of hydrogen-bond acceptors (Lipinski definition) is 11. The summed E-state index contributed by atoms with van der Waals surface area (Å²) in [6, 6.07) is 6.09. The lowest BCUT2D eigenvalue weighted by atomic mass is 10.2. The molecule has 3 unspecified atom stereocenters. The molecule has 37 heavy (non-hydrogen) atoms. The van der Waals surface area contributed by atoms with Crippen LogP contribution in [0.25, 0.3) is 22.7 Å². The van der Waals surface area contributed by atoms with Crippen molar-refractivity contribution in [1.29, 1.82) is 0 Å². The van der Waals surface area contributed by atoms with Crippen LogP contribution in [0.2, 0.25) is 0 Å². The number of aliphatic hydroxyl groups excluding tert-OH is 1. The summed E-state index contributed by atoms with van der Waals surface area (Å²) in [5.41, 5.74) is 3.04. The molecule has 7 rings (SSSR count). The fraction of sp³-hybridized carbons (Fsp3) is 0.400. The summed E-state index contributed by atoms with van der Waals surface area (Å²) in [6.07, 6.45) is 4.31. The molecule has 12 heteroatoms. The second-order valence-electron chi connectivity index (χ2n) is 9.74. The number of rotatable bonds is 5. The molecule has 0 aromatic carbocycles. The minimum Gasteiger partial charge on any atom is -0.444 e. The Bertz CT molecular complexity index is 1500. The molecule has 3 aliphatic heterocycles. The van der Waals surface area contributed by atoms with Gasteiger partial charge in [-0.2, -0.15) is 4.98 Å². The van der Waals surface area contributed by atoms with Gasteiger partial charge in [-0.05, 0) is 31.9 Å². The van der Waals surface area contributed by atoms with Gasteiger partial charge in [-0.15, -0.1) is 0 Å². The summed E-state index contributed by atoms with van der Waals surface area (Å²) in [5, 5.41) is 13.0. The van der Waals surface area contributed by atoms with Crippen LogP contribution in [0.1, 0.15) is 29.0 Å². The molecule has 12 nitrogen and oxygen atoms in total. The maximum absolute atomic E-state index is 13.2. The number of amides is 1. The Morgan fingerprint density at radius 1 is 1.22 bits per heavy atom. The zero-order chi connectivity index (χ0) is 25.1. The number of anilines is 3. The Hall–Kier alpha value is -4.03. The number of aryl methyl sites for hydroxylation is 1. The summed E-state index contributed by atoms with van der Waals surface area (Å²) < 4.78 is 17.3. The molecule has 7 heterocycles. The van der Waals surface area contributed by atoms with Gasteiger partial charge in [0.15, 0.2) is 17.1 Å². The Balaban J connectivity index is 1.21. The summed E-state index contributed by atoms with van der Waals surface area (Å²) in [5.74, 6) is 0.407. The van der Waals surface area contributed by atoms with E-state index in [-0.39, 0.29) is 17.8 Å². The monoisotopic (exact) mass is 503 g/mol. The van der Waals surface area contributed by atoms with Gasteiger partial charge in [0.1, 0.15) is 6.26 Å². The third-order valence-electron chi connectivity index (χ3n) is 7.09. The number of carbonyl (C=O) groups excluding carboxylic acids is 1. The van der Waals surface area contributed by atoms with Crippen molar-refractivity contribution < 1.29 is 23.5 Å². The van der Waals surface area contributed by atoms with E-state index in [1.54, 1.807) is 18.3 Å².